The minimum atomic E-state index is -1.01. The molecule has 0 spiro atoms. The predicted molar refractivity (Wildman–Crippen MR) is 68.9 cm³/mol. The monoisotopic (exact) mass is 284 g/mol. The van der Waals surface area contributed by atoms with E-state index >= 15 is 0 Å². The van der Waals surface area contributed by atoms with E-state index in [9.17, 15) is 9.59 Å². The van der Waals surface area contributed by atoms with Gasteiger partial charge in [-0.3, -0.25) is 4.79 Å². The molecule has 1 aliphatic carbocycles. The summed E-state index contributed by atoms with van der Waals surface area (Å²) in [7, 11) is 0. The first-order chi connectivity index (χ1) is 9.11. The van der Waals surface area contributed by atoms with Crippen LogP contribution in [-0.2, 0) is 9.59 Å². The zero-order chi connectivity index (χ0) is 13.8. The molecule has 0 aliphatic heterocycles. The van der Waals surface area contributed by atoms with Gasteiger partial charge in [0, 0.05) is 6.04 Å². The molecule has 7 nitrogen and oxygen atoms in total. The topological polar surface area (TPSA) is 97.1 Å². The Labute approximate surface area is 114 Å². The highest BCUT2D eigenvalue weighted by atomic mass is 32.2. The lowest BCUT2D eigenvalue weighted by Gasteiger charge is -2.11. The summed E-state index contributed by atoms with van der Waals surface area (Å²) < 4.78 is 1.96. The van der Waals surface area contributed by atoms with Crippen LogP contribution in [0.5, 0.6) is 0 Å². The van der Waals surface area contributed by atoms with Gasteiger partial charge in [-0.25, -0.2) is 4.79 Å². The maximum absolute atomic E-state index is 11.7. The quantitative estimate of drug-likeness (QED) is 0.715. The minimum Gasteiger partial charge on any atom is -0.480 e. The normalized spacial score (nSPS) is 16.1. The zero-order valence-corrected chi connectivity index (χ0v) is 11.4. The van der Waals surface area contributed by atoms with Crippen molar-refractivity contribution < 1.29 is 14.7 Å². The van der Waals surface area contributed by atoms with Gasteiger partial charge >= 0.3 is 5.97 Å². The summed E-state index contributed by atoms with van der Waals surface area (Å²) in [6, 6.07) is -0.364. The van der Waals surface area contributed by atoms with Crippen LogP contribution in [0.3, 0.4) is 0 Å². The van der Waals surface area contributed by atoms with Gasteiger partial charge in [-0.05, 0) is 19.3 Å². The van der Waals surface area contributed by atoms with Crippen molar-refractivity contribution in [1.29, 1.82) is 0 Å². The lowest BCUT2D eigenvalue weighted by molar-refractivity contribution is -0.141. The highest BCUT2D eigenvalue weighted by molar-refractivity contribution is 7.99. The summed E-state index contributed by atoms with van der Waals surface area (Å²) in [6.45, 7) is 1.72. The molecule has 1 aromatic rings. The molecule has 1 heterocycles. The van der Waals surface area contributed by atoms with Gasteiger partial charge in [0.1, 0.15) is 12.4 Å². The Bertz CT molecular complexity index is 472. The molecule has 0 aromatic carbocycles. The van der Waals surface area contributed by atoms with Crippen molar-refractivity contribution in [3.05, 3.63) is 6.33 Å². The molecule has 19 heavy (non-hydrogen) atoms. The predicted octanol–water partition coefficient (Wildman–Crippen LogP) is 0.684. The molecule has 0 unspecified atom stereocenters. The molecule has 1 aliphatic rings. The van der Waals surface area contributed by atoms with E-state index in [1.807, 2.05) is 4.57 Å². The molecular formula is C11H16N4O3S. The van der Waals surface area contributed by atoms with Gasteiger partial charge in [-0.2, -0.15) is 0 Å². The van der Waals surface area contributed by atoms with Crippen LogP contribution in [0.15, 0.2) is 11.5 Å². The summed E-state index contributed by atoms with van der Waals surface area (Å²) in [6.07, 6.45) is 4.28. The number of carboxylic acids is 1. The highest BCUT2D eigenvalue weighted by Gasteiger charge is 2.26. The Hall–Kier alpha value is -1.57. The molecular weight excluding hydrogens is 268 g/mol. The van der Waals surface area contributed by atoms with Gasteiger partial charge in [0.15, 0.2) is 5.16 Å². The fourth-order valence-electron chi connectivity index (χ4n) is 1.64. The summed E-state index contributed by atoms with van der Waals surface area (Å²) >= 11 is 1.28. The molecule has 1 amide bonds. The number of hydrogen-bond acceptors (Lipinski definition) is 5. The van der Waals surface area contributed by atoms with Crippen molar-refractivity contribution in [2.45, 2.75) is 43.4 Å². The average molecular weight is 284 g/mol. The van der Waals surface area contributed by atoms with Crippen molar-refractivity contribution in [2.75, 3.05) is 5.75 Å². The molecule has 8 heteroatoms. The first kappa shape index (κ1) is 13.9. The number of carbonyl (C=O) groups is 2. The fourth-order valence-corrected chi connectivity index (χ4v) is 2.44. The number of hydrogen-bond donors (Lipinski definition) is 2. The fraction of sp³-hybridized carbons (Fsp3) is 0.636. The van der Waals surface area contributed by atoms with Crippen molar-refractivity contribution in [2.24, 2.45) is 0 Å². The van der Waals surface area contributed by atoms with Crippen LogP contribution >= 0.6 is 11.8 Å². The van der Waals surface area contributed by atoms with E-state index in [4.69, 9.17) is 5.11 Å². The second-order valence-corrected chi connectivity index (χ2v) is 5.35. The third kappa shape index (κ3) is 3.69. The van der Waals surface area contributed by atoms with Gasteiger partial charge in [0.05, 0.1) is 5.75 Å². The van der Waals surface area contributed by atoms with Crippen LogP contribution in [0.1, 0.15) is 32.2 Å². The van der Waals surface area contributed by atoms with Crippen LogP contribution in [0, 0.1) is 0 Å². The summed E-state index contributed by atoms with van der Waals surface area (Å²) in [5.74, 6) is -1.17. The van der Waals surface area contributed by atoms with Crippen molar-refractivity contribution in [1.82, 2.24) is 20.1 Å². The standard InChI is InChI=1S/C11H16N4O3S/c1-2-8(10(17)18)13-9(16)5-19-11-14-12-6-15(11)7-3-4-7/h6-8H,2-5H2,1H3,(H,13,16)(H,17,18)/t8-/m0/s1. The zero-order valence-electron chi connectivity index (χ0n) is 10.6. The van der Waals surface area contributed by atoms with Crippen LogP contribution in [-0.4, -0.2) is 43.5 Å². The molecule has 0 saturated heterocycles. The lowest BCUT2D eigenvalue weighted by atomic mass is 10.2. The number of amides is 1. The number of thioether (sulfide) groups is 1. The van der Waals surface area contributed by atoms with E-state index in [-0.39, 0.29) is 11.7 Å². The summed E-state index contributed by atoms with van der Waals surface area (Å²) in [5.41, 5.74) is 0. The van der Waals surface area contributed by atoms with E-state index in [0.717, 1.165) is 12.8 Å². The number of carbonyl (C=O) groups excluding carboxylic acids is 1. The van der Waals surface area contributed by atoms with E-state index in [2.05, 4.69) is 15.5 Å². The Morgan fingerprint density at radius 3 is 2.95 bits per heavy atom. The molecule has 1 aromatic heterocycles. The number of carboxylic acid groups (broad SMARTS) is 1. The van der Waals surface area contributed by atoms with Gasteiger partial charge in [0.2, 0.25) is 5.91 Å². The largest absolute Gasteiger partial charge is 0.480 e. The molecule has 1 saturated carbocycles. The number of nitrogens with one attached hydrogen (secondary N) is 1. The number of rotatable bonds is 7. The average Bonchev–Trinajstić information content (AvgIpc) is 3.12. The number of aliphatic carboxylic acids is 1. The van der Waals surface area contributed by atoms with Gasteiger partial charge < -0.3 is 15.0 Å². The summed E-state index contributed by atoms with van der Waals surface area (Å²) in [5, 5.41) is 19.8. The number of nitrogens with zero attached hydrogens (tertiary/aromatic N) is 3. The molecule has 0 bridgehead atoms. The van der Waals surface area contributed by atoms with Gasteiger partial charge in [-0.1, -0.05) is 18.7 Å². The van der Waals surface area contributed by atoms with E-state index in [1.165, 1.54) is 11.8 Å². The van der Waals surface area contributed by atoms with Crippen LogP contribution in [0.25, 0.3) is 0 Å². The Balaban J connectivity index is 1.82. The first-order valence-corrected chi connectivity index (χ1v) is 7.14. The molecule has 1 fully saturated rings. The second-order valence-electron chi connectivity index (χ2n) is 4.41. The Kier molecular flexibility index (Phi) is 4.41. The third-order valence-electron chi connectivity index (χ3n) is 2.85. The smallest absolute Gasteiger partial charge is 0.326 e. The Morgan fingerprint density at radius 1 is 1.63 bits per heavy atom. The molecule has 1 atom stereocenters. The maximum atomic E-state index is 11.7. The SMILES string of the molecule is CC[C@H](NC(=O)CSc1nncn1C1CC1)C(=O)O. The van der Waals surface area contributed by atoms with Crippen LogP contribution in [0.4, 0.5) is 0 Å². The van der Waals surface area contributed by atoms with Crippen molar-refractivity contribution in [3.63, 3.8) is 0 Å². The number of aromatic nitrogens is 3. The first-order valence-electron chi connectivity index (χ1n) is 6.16. The highest BCUT2D eigenvalue weighted by Crippen LogP contribution is 2.37. The lowest BCUT2D eigenvalue weighted by Crippen LogP contribution is -2.41. The maximum Gasteiger partial charge on any atom is 0.326 e. The molecule has 0 radical (unpaired) electrons. The molecule has 2 N–H and O–H groups in total. The van der Waals surface area contributed by atoms with Crippen molar-refractivity contribution >= 4 is 23.6 Å². The van der Waals surface area contributed by atoms with Gasteiger partial charge in [-0.15, -0.1) is 10.2 Å². The second kappa shape index (κ2) is 6.05. The van der Waals surface area contributed by atoms with Crippen LogP contribution in [0.2, 0.25) is 0 Å². The van der Waals surface area contributed by atoms with Crippen LogP contribution < -0.4 is 5.32 Å². The van der Waals surface area contributed by atoms with E-state index in [1.54, 1.807) is 13.3 Å². The van der Waals surface area contributed by atoms with Crippen molar-refractivity contribution in [3.8, 4) is 0 Å². The Morgan fingerprint density at radius 2 is 2.37 bits per heavy atom. The van der Waals surface area contributed by atoms with E-state index in [0.29, 0.717) is 17.6 Å². The minimum absolute atomic E-state index is 0.148. The molecule has 104 valence electrons. The van der Waals surface area contributed by atoms with E-state index < -0.39 is 12.0 Å². The summed E-state index contributed by atoms with van der Waals surface area (Å²) in [4.78, 5) is 22.5. The van der Waals surface area contributed by atoms with Gasteiger partial charge in [0.25, 0.3) is 0 Å². The molecule has 2 rings (SSSR count). The third-order valence-corrected chi connectivity index (χ3v) is 3.81.